The number of nitrogens with zero attached hydrogens (tertiary/aromatic N) is 2. The molecule has 0 atom stereocenters. The number of aromatic hydroxyl groups is 1. The molecule has 5 heteroatoms. The van der Waals surface area contributed by atoms with Crippen LogP contribution in [0.25, 0.3) is 0 Å². The largest absolute Gasteiger partial charge is 0.506 e. The second-order valence-electron chi connectivity index (χ2n) is 5.88. The van der Waals surface area contributed by atoms with Crippen LogP contribution in [0.4, 0.5) is 5.69 Å². The Kier molecular flexibility index (Phi) is 6.19. The highest BCUT2D eigenvalue weighted by atomic mass is 16.3. The van der Waals surface area contributed by atoms with Gasteiger partial charge in [-0.25, -0.2) is 0 Å². The lowest BCUT2D eigenvalue weighted by Gasteiger charge is -2.25. The van der Waals surface area contributed by atoms with Crippen molar-refractivity contribution in [2.45, 2.75) is 26.4 Å². The highest BCUT2D eigenvalue weighted by molar-refractivity contribution is 6.07. The molecule has 2 N–H and O–H groups in total. The minimum atomic E-state index is -0.553. The van der Waals surface area contributed by atoms with Gasteiger partial charge in [0.15, 0.2) is 0 Å². The molecular formula is C20H21N3O2. The third-order valence-electron chi connectivity index (χ3n) is 3.68. The zero-order chi connectivity index (χ0) is 18.2. The van der Waals surface area contributed by atoms with E-state index in [4.69, 9.17) is 0 Å². The number of hydrogen-bond donors (Lipinski definition) is 2. The van der Waals surface area contributed by atoms with Crippen molar-refractivity contribution in [2.75, 3.05) is 5.32 Å². The number of rotatable bonds is 6. The van der Waals surface area contributed by atoms with Crippen LogP contribution >= 0.6 is 0 Å². The Hall–Kier alpha value is -3.26. The first kappa shape index (κ1) is 18.1. The fourth-order valence-electron chi connectivity index (χ4n) is 2.24. The van der Waals surface area contributed by atoms with Crippen LogP contribution in [0.15, 0.2) is 66.4 Å². The predicted molar refractivity (Wildman–Crippen MR) is 97.6 cm³/mol. The molecule has 0 saturated carbocycles. The number of para-hydroxylation sites is 2. The molecule has 0 aliphatic heterocycles. The summed E-state index contributed by atoms with van der Waals surface area (Å²) >= 11 is 0. The normalized spacial score (nSPS) is 11.0. The lowest BCUT2D eigenvalue weighted by Crippen LogP contribution is -2.27. The molecule has 2 aromatic carbocycles. The van der Waals surface area contributed by atoms with Crippen molar-refractivity contribution in [3.05, 3.63) is 71.9 Å². The van der Waals surface area contributed by atoms with Crippen LogP contribution in [0, 0.1) is 11.3 Å². The van der Waals surface area contributed by atoms with Crippen molar-refractivity contribution in [3.8, 4) is 11.8 Å². The summed E-state index contributed by atoms with van der Waals surface area (Å²) in [5.41, 5.74) is 1.34. The monoisotopic (exact) mass is 335 g/mol. The summed E-state index contributed by atoms with van der Waals surface area (Å²) in [5, 5.41) is 21.7. The quantitative estimate of drug-likeness (QED) is 0.480. The minimum Gasteiger partial charge on any atom is -0.506 e. The van der Waals surface area contributed by atoms with Gasteiger partial charge < -0.3 is 15.3 Å². The van der Waals surface area contributed by atoms with E-state index in [1.54, 1.807) is 24.4 Å². The molecule has 5 nitrogen and oxygen atoms in total. The van der Waals surface area contributed by atoms with Gasteiger partial charge in [0.1, 0.15) is 17.4 Å². The van der Waals surface area contributed by atoms with Crippen LogP contribution in [0.1, 0.15) is 19.4 Å². The first-order valence-corrected chi connectivity index (χ1v) is 8.02. The molecule has 0 saturated heterocycles. The highest BCUT2D eigenvalue weighted by Crippen LogP contribution is 2.22. The molecule has 0 unspecified atom stereocenters. The maximum atomic E-state index is 12.4. The Labute approximate surface area is 147 Å². The number of phenols is 1. The number of anilines is 1. The predicted octanol–water partition coefficient (Wildman–Crippen LogP) is 3.65. The van der Waals surface area contributed by atoms with Crippen molar-refractivity contribution in [2.24, 2.45) is 0 Å². The second kappa shape index (κ2) is 8.55. The number of carbonyl (C=O) groups is 1. The first-order chi connectivity index (χ1) is 12.0. The maximum Gasteiger partial charge on any atom is 0.267 e. The third kappa shape index (κ3) is 5.11. The lowest BCUT2D eigenvalue weighted by atomic mass is 10.2. The van der Waals surface area contributed by atoms with E-state index in [-0.39, 0.29) is 23.1 Å². The van der Waals surface area contributed by atoms with Gasteiger partial charge in [0, 0.05) is 18.8 Å². The number of amides is 1. The van der Waals surface area contributed by atoms with E-state index in [1.807, 2.05) is 55.1 Å². The van der Waals surface area contributed by atoms with E-state index in [0.717, 1.165) is 5.56 Å². The van der Waals surface area contributed by atoms with Crippen molar-refractivity contribution in [3.63, 3.8) is 0 Å². The molecule has 1 amide bonds. The maximum absolute atomic E-state index is 12.4. The van der Waals surface area contributed by atoms with Gasteiger partial charge in [0.05, 0.1) is 5.69 Å². The van der Waals surface area contributed by atoms with Gasteiger partial charge in [-0.2, -0.15) is 5.26 Å². The van der Waals surface area contributed by atoms with Gasteiger partial charge in [-0.1, -0.05) is 42.5 Å². The molecule has 0 bridgehead atoms. The molecule has 0 aliphatic carbocycles. The summed E-state index contributed by atoms with van der Waals surface area (Å²) in [5.74, 6) is -0.596. The average Bonchev–Trinajstić information content (AvgIpc) is 2.61. The summed E-state index contributed by atoms with van der Waals surface area (Å²) in [7, 11) is 0. The molecule has 0 aliphatic rings. The number of benzene rings is 2. The Balaban J connectivity index is 2.19. The lowest BCUT2D eigenvalue weighted by molar-refractivity contribution is -0.112. The average molecular weight is 335 g/mol. The summed E-state index contributed by atoms with van der Waals surface area (Å²) < 4.78 is 0. The van der Waals surface area contributed by atoms with Gasteiger partial charge in [0.2, 0.25) is 0 Å². The Morgan fingerprint density at radius 3 is 2.44 bits per heavy atom. The van der Waals surface area contributed by atoms with Crippen molar-refractivity contribution in [1.82, 2.24) is 4.90 Å². The van der Waals surface area contributed by atoms with Crippen LogP contribution in [-0.2, 0) is 11.3 Å². The molecule has 0 radical (unpaired) electrons. The number of hydrogen-bond acceptors (Lipinski definition) is 4. The minimum absolute atomic E-state index is 0.0205. The summed E-state index contributed by atoms with van der Waals surface area (Å²) in [6, 6.07) is 18.3. The van der Waals surface area contributed by atoms with Gasteiger partial charge in [-0.3, -0.25) is 4.79 Å². The number of nitriles is 1. The standard InChI is InChI=1S/C20H21N3O2/c1-15(2)23(13-16-8-4-3-5-9-16)14-17(12-21)20(25)22-18-10-6-7-11-19(18)24/h3-11,14-15,24H,13H2,1-2H3,(H,22,25)/b17-14-. The van der Waals surface area contributed by atoms with Gasteiger partial charge in [-0.15, -0.1) is 0 Å². The van der Waals surface area contributed by atoms with Crippen molar-refractivity contribution >= 4 is 11.6 Å². The zero-order valence-corrected chi connectivity index (χ0v) is 14.3. The molecule has 2 rings (SSSR count). The van der Waals surface area contributed by atoms with E-state index < -0.39 is 5.91 Å². The van der Waals surface area contributed by atoms with Crippen molar-refractivity contribution < 1.29 is 9.90 Å². The van der Waals surface area contributed by atoms with Crippen LogP contribution in [0.5, 0.6) is 5.75 Å². The van der Waals surface area contributed by atoms with E-state index in [2.05, 4.69) is 5.32 Å². The first-order valence-electron chi connectivity index (χ1n) is 8.02. The second-order valence-corrected chi connectivity index (χ2v) is 5.88. The fourth-order valence-corrected chi connectivity index (χ4v) is 2.24. The van der Waals surface area contributed by atoms with Gasteiger partial charge in [0.25, 0.3) is 5.91 Å². The molecule has 25 heavy (non-hydrogen) atoms. The SMILES string of the molecule is CC(C)N(/C=C(/C#N)C(=O)Nc1ccccc1O)Cc1ccccc1. The molecule has 0 fully saturated rings. The molecular weight excluding hydrogens is 314 g/mol. The number of phenolic OH excluding ortho intramolecular Hbond substituents is 1. The number of carbonyl (C=O) groups excluding carboxylic acids is 1. The van der Waals surface area contributed by atoms with E-state index in [0.29, 0.717) is 6.54 Å². The number of nitrogens with one attached hydrogen (secondary N) is 1. The summed E-state index contributed by atoms with van der Waals surface area (Å²) in [6.07, 6.45) is 1.56. The van der Waals surface area contributed by atoms with Gasteiger partial charge in [-0.05, 0) is 31.5 Å². The van der Waals surface area contributed by atoms with Crippen molar-refractivity contribution in [1.29, 1.82) is 5.26 Å². The summed E-state index contributed by atoms with van der Waals surface area (Å²) in [6.45, 7) is 4.58. The Bertz CT molecular complexity index is 792. The smallest absolute Gasteiger partial charge is 0.267 e. The van der Waals surface area contributed by atoms with E-state index >= 15 is 0 Å². The third-order valence-corrected chi connectivity index (χ3v) is 3.68. The van der Waals surface area contributed by atoms with Crippen LogP contribution < -0.4 is 5.32 Å². The Morgan fingerprint density at radius 2 is 1.84 bits per heavy atom. The van der Waals surface area contributed by atoms with Crippen LogP contribution in [-0.4, -0.2) is 22.0 Å². The molecule has 0 heterocycles. The van der Waals surface area contributed by atoms with Crippen LogP contribution in [0.2, 0.25) is 0 Å². The van der Waals surface area contributed by atoms with Gasteiger partial charge >= 0.3 is 0 Å². The zero-order valence-electron chi connectivity index (χ0n) is 14.3. The molecule has 128 valence electrons. The van der Waals surface area contributed by atoms with E-state index in [1.165, 1.54) is 6.07 Å². The molecule has 2 aromatic rings. The molecule has 0 spiro atoms. The Morgan fingerprint density at radius 1 is 1.20 bits per heavy atom. The highest BCUT2D eigenvalue weighted by Gasteiger charge is 2.15. The van der Waals surface area contributed by atoms with E-state index in [9.17, 15) is 15.2 Å². The topological polar surface area (TPSA) is 76.4 Å². The summed E-state index contributed by atoms with van der Waals surface area (Å²) in [4.78, 5) is 14.3. The van der Waals surface area contributed by atoms with Crippen LogP contribution in [0.3, 0.4) is 0 Å². The fraction of sp³-hybridized carbons (Fsp3) is 0.200. The molecule has 0 aromatic heterocycles.